The summed E-state index contributed by atoms with van der Waals surface area (Å²) in [5.74, 6) is 3.84. The number of methoxy groups -OCH3 is 1. The molecule has 0 radical (unpaired) electrons. The average Bonchev–Trinajstić information content (AvgIpc) is 3.55. The first kappa shape index (κ1) is 18.4. The van der Waals surface area contributed by atoms with Gasteiger partial charge in [-0.05, 0) is 61.2 Å². The van der Waals surface area contributed by atoms with E-state index < -0.39 is 0 Å². The van der Waals surface area contributed by atoms with Crippen molar-refractivity contribution in [2.45, 2.75) is 12.8 Å². The zero-order valence-electron chi connectivity index (χ0n) is 16.9. The summed E-state index contributed by atoms with van der Waals surface area (Å²) in [6.07, 6.45) is 8.32. The van der Waals surface area contributed by atoms with Gasteiger partial charge in [-0.25, -0.2) is 9.97 Å². The number of hydrogen-bond donors (Lipinski definition) is 0. The molecule has 1 aliphatic carbocycles. The Morgan fingerprint density at radius 1 is 1.00 bits per heavy atom. The summed E-state index contributed by atoms with van der Waals surface area (Å²) in [4.78, 5) is 9.36. The zero-order chi connectivity index (χ0) is 20.3. The minimum atomic E-state index is 0.667. The Kier molecular flexibility index (Phi) is 4.93. The zero-order valence-corrected chi connectivity index (χ0v) is 16.9. The number of benzene rings is 2. The van der Waals surface area contributed by atoms with Crippen LogP contribution in [0.1, 0.15) is 24.2 Å². The van der Waals surface area contributed by atoms with Gasteiger partial charge in [0.1, 0.15) is 11.6 Å². The third-order valence-electron chi connectivity index (χ3n) is 5.27. The highest BCUT2D eigenvalue weighted by Gasteiger charge is 2.23. The summed E-state index contributed by atoms with van der Waals surface area (Å²) in [7, 11) is 1.67. The van der Waals surface area contributed by atoms with Crippen LogP contribution in [-0.4, -0.2) is 28.3 Å². The number of pyridine rings is 1. The molecule has 1 saturated carbocycles. The van der Waals surface area contributed by atoms with Crippen molar-refractivity contribution in [2.75, 3.05) is 13.7 Å². The molecule has 5 nitrogen and oxygen atoms in total. The lowest BCUT2D eigenvalue weighted by Gasteiger charge is -2.13. The predicted octanol–water partition coefficient (Wildman–Crippen LogP) is 5.39. The first-order chi connectivity index (χ1) is 14.8. The monoisotopic (exact) mass is 397 g/mol. The number of ether oxygens (including phenoxy) is 2. The molecule has 0 amide bonds. The van der Waals surface area contributed by atoms with Crippen molar-refractivity contribution in [3.05, 3.63) is 78.2 Å². The first-order valence-corrected chi connectivity index (χ1v) is 10.2. The van der Waals surface area contributed by atoms with Crippen LogP contribution in [-0.2, 0) is 0 Å². The average molecular weight is 397 g/mol. The Bertz CT molecular complexity index is 1190. The summed E-state index contributed by atoms with van der Waals surface area (Å²) in [6.45, 7) is 0.730. The summed E-state index contributed by atoms with van der Waals surface area (Å²) >= 11 is 0. The molecule has 0 saturated heterocycles. The van der Waals surface area contributed by atoms with Gasteiger partial charge in [0.2, 0.25) is 0 Å². The molecule has 1 aliphatic rings. The second-order valence-electron chi connectivity index (χ2n) is 7.45. The van der Waals surface area contributed by atoms with E-state index in [9.17, 15) is 0 Å². The van der Waals surface area contributed by atoms with Crippen LogP contribution in [0.2, 0.25) is 0 Å². The van der Waals surface area contributed by atoms with E-state index in [1.165, 1.54) is 12.8 Å². The van der Waals surface area contributed by atoms with Crippen molar-refractivity contribution in [1.29, 1.82) is 0 Å². The lowest BCUT2D eigenvalue weighted by atomic mass is 10.1. The molecule has 2 aromatic heterocycles. The molecule has 0 N–H and O–H groups in total. The molecule has 4 aromatic rings. The van der Waals surface area contributed by atoms with Gasteiger partial charge in [-0.2, -0.15) is 0 Å². The smallest absolute Gasteiger partial charge is 0.168 e. The highest BCUT2D eigenvalue weighted by atomic mass is 16.5. The normalized spacial score (nSPS) is 13.8. The van der Waals surface area contributed by atoms with Crippen molar-refractivity contribution in [3.8, 4) is 17.3 Å². The van der Waals surface area contributed by atoms with Crippen molar-refractivity contribution in [1.82, 2.24) is 14.5 Å². The van der Waals surface area contributed by atoms with E-state index in [-0.39, 0.29) is 0 Å². The molecule has 0 bridgehead atoms. The quantitative estimate of drug-likeness (QED) is 0.420. The molecule has 0 unspecified atom stereocenters. The van der Waals surface area contributed by atoms with Gasteiger partial charge in [-0.15, -0.1) is 0 Å². The predicted molar refractivity (Wildman–Crippen MR) is 119 cm³/mol. The van der Waals surface area contributed by atoms with E-state index in [0.717, 1.165) is 46.3 Å². The lowest BCUT2D eigenvalue weighted by Crippen LogP contribution is -2.02. The fraction of sp³-hybridized carbons (Fsp3) is 0.200. The maximum Gasteiger partial charge on any atom is 0.168 e. The fourth-order valence-electron chi connectivity index (χ4n) is 3.51. The molecule has 0 aliphatic heterocycles. The molecule has 2 aromatic carbocycles. The van der Waals surface area contributed by atoms with Gasteiger partial charge in [0.05, 0.1) is 24.8 Å². The van der Waals surface area contributed by atoms with E-state index >= 15 is 0 Å². The van der Waals surface area contributed by atoms with Crippen LogP contribution in [0.4, 0.5) is 0 Å². The van der Waals surface area contributed by atoms with Gasteiger partial charge >= 0.3 is 0 Å². The van der Waals surface area contributed by atoms with E-state index in [1.54, 1.807) is 13.3 Å². The molecule has 0 spiro atoms. The molecule has 5 rings (SSSR count). The Hall–Kier alpha value is -3.60. The molecule has 5 heteroatoms. The Morgan fingerprint density at radius 3 is 2.67 bits per heavy atom. The number of para-hydroxylation sites is 3. The van der Waals surface area contributed by atoms with Crippen LogP contribution in [0.15, 0.2) is 66.9 Å². The first-order valence-electron chi connectivity index (χ1n) is 10.2. The second-order valence-corrected chi connectivity index (χ2v) is 7.45. The number of hydrogen-bond acceptors (Lipinski definition) is 4. The van der Waals surface area contributed by atoms with Crippen molar-refractivity contribution in [3.63, 3.8) is 0 Å². The van der Waals surface area contributed by atoms with Gasteiger partial charge in [-0.3, -0.25) is 4.57 Å². The maximum absolute atomic E-state index is 6.13. The van der Waals surface area contributed by atoms with E-state index in [0.29, 0.717) is 5.92 Å². The third-order valence-corrected chi connectivity index (χ3v) is 5.27. The van der Waals surface area contributed by atoms with Gasteiger partial charge < -0.3 is 9.47 Å². The van der Waals surface area contributed by atoms with Crippen LogP contribution < -0.4 is 9.47 Å². The fourth-order valence-corrected chi connectivity index (χ4v) is 3.51. The molecule has 1 fully saturated rings. The summed E-state index contributed by atoms with van der Waals surface area (Å²) in [6, 6.07) is 19.9. The van der Waals surface area contributed by atoms with Crippen LogP contribution in [0, 0.1) is 5.92 Å². The molecule has 30 heavy (non-hydrogen) atoms. The summed E-state index contributed by atoms with van der Waals surface area (Å²) in [5.41, 5.74) is 2.92. The highest BCUT2D eigenvalue weighted by Crippen LogP contribution is 2.36. The number of nitrogens with zero attached hydrogens (tertiary/aromatic N) is 3. The number of imidazole rings is 1. The Labute approximate surface area is 175 Å². The van der Waals surface area contributed by atoms with Gasteiger partial charge in [0, 0.05) is 11.8 Å². The molecule has 0 atom stereocenters. The SMILES string of the molecule is COc1cccc(/C=C/c2nc3ccccc3n2-c2ccccn2)c1OCC1CC1. The van der Waals surface area contributed by atoms with Crippen molar-refractivity contribution < 1.29 is 9.47 Å². The number of rotatable bonds is 7. The van der Waals surface area contributed by atoms with Crippen LogP contribution in [0.3, 0.4) is 0 Å². The second kappa shape index (κ2) is 8.03. The lowest BCUT2D eigenvalue weighted by molar-refractivity contribution is 0.280. The van der Waals surface area contributed by atoms with Crippen molar-refractivity contribution >= 4 is 23.2 Å². The van der Waals surface area contributed by atoms with E-state index in [2.05, 4.69) is 15.6 Å². The Morgan fingerprint density at radius 2 is 1.87 bits per heavy atom. The third kappa shape index (κ3) is 3.66. The van der Waals surface area contributed by atoms with Crippen molar-refractivity contribution in [2.24, 2.45) is 5.92 Å². The van der Waals surface area contributed by atoms with Gasteiger partial charge in [-0.1, -0.05) is 30.3 Å². The summed E-state index contributed by atoms with van der Waals surface area (Å²) < 4.78 is 13.7. The van der Waals surface area contributed by atoms with Crippen LogP contribution in [0.5, 0.6) is 11.5 Å². The largest absolute Gasteiger partial charge is 0.493 e. The van der Waals surface area contributed by atoms with E-state index in [1.807, 2.05) is 66.7 Å². The van der Waals surface area contributed by atoms with E-state index in [4.69, 9.17) is 14.5 Å². The van der Waals surface area contributed by atoms with Crippen LogP contribution >= 0.6 is 0 Å². The molecule has 2 heterocycles. The number of aromatic nitrogens is 3. The maximum atomic E-state index is 6.13. The minimum absolute atomic E-state index is 0.667. The van der Waals surface area contributed by atoms with Gasteiger partial charge in [0.15, 0.2) is 11.5 Å². The standard InChI is InChI=1S/C25H23N3O2/c1-29-22-10-6-7-19(25(22)30-17-18-12-13-18)14-15-24-27-20-8-2-3-9-21(20)28(24)23-11-4-5-16-26-23/h2-11,14-16,18H,12-13,17H2,1H3/b15-14+. The molecular formula is C25H23N3O2. The summed E-state index contributed by atoms with van der Waals surface area (Å²) in [5, 5.41) is 0. The Balaban J connectivity index is 1.56. The minimum Gasteiger partial charge on any atom is -0.493 e. The van der Waals surface area contributed by atoms with Gasteiger partial charge in [0.25, 0.3) is 0 Å². The topological polar surface area (TPSA) is 49.2 Å². The number of fused-ring (bicyclic) bond motifs is 1. The highest BCUT2D eigenvalue weighted by molar-refractivity contribution is 5.82. The molecular weight excluding hydrogens is 374 g/mol. The molecule has 150 valence electrons. The van der Waals surface area contributed by atoms with Crippen LogP contribution in [0.25, 0.3) is 29.0 Å².